The minimum absolute atomic E-state index is 0.246. The minimum atomic E-state index is -0.403. The number of fused-ring (bicyclic) bond motifs is 1. The molecule has 1 heterocycles. The monoisotopic (exact) mass is 294 g/mol. The van der Waals surface area contributed by atoms with E-state index in [1.807, 2.05) is 36.6 Å². The number of carbonyl (C=O) groups is 1. The summed E-state index contributed by atoms with van der Waals surface area (Å²) in [5.74, 6) is 1.05. The summed E-state index contributed by atoms with van der Waals surface area (Å²) in [6.45, 7) is 6.03. The lowest BCUT2D eigenvalue weighted by atomic mass is 10.2. The smallest absolute Gasteiger partial charge is 0.328 e. The summed E-state index contributed by atoms with van der Waals surface area (Å²) in [6, 6.07) is 5.56. The molecule has 20 heavy (non-hydrogen) atoms. The molecule has 1 atom stereocenters. The quantitative estimate of drug-likeness (QED) is 0.628. The highest BCUT2D eigenvalue weighted by atomic mass is 35.5. The van der Waals surface area contributed by atoms with E-state index < -0.39 is 6.04 Å². The molecule has 0 N–H and O–H groups in total. The van der Waals surface area contributed by atoms with Crippen molar-refractivity contribution in [3.63, 3.8) is 0 Å². The molecule has 0 aliphatic rings. The number of carbonyl (C=O) groups excluding carboxylic acids is 1. The van der Waals surface area contributed by atoms with Crippen molar-refractivity contribution in [3.8, 4) is 0 Å². The molecule has 1 unspecified atom stereocenters. The molecule has 5 heteroatoms. The zero-order valence-corrected chi connectivity index (χ0v) is 12.8. The number of ether oxygens (including phenoxy) is 1. The average Bonchev–Trinajstić information content (AvgIpc) is 2.78. The summed E-state index contributed by atoms with van der Waals surface area (Å²) in [5, 5.41) is 0. The van der Waals surface area contributed by atoms with Crippen LogP contribution in [0.15, 0.2) is 18.2 Å². The van der Waals surface area contributed by atoms with Crippen molar-refractivity contribution in [2.75, 3.05) is 12.5 Å². The second kappa shape index (κ2) is 6.27. The Hall–Kier alpha value is -1.55. The Morgan fingerprint density at radius 2 is 2.25 bits per heavy atom. The summed E-state index contributed by atoms with van der Waals surface area (Å²) in [4.78, 5) is 16.7. The van der Waals surface area contributed by atoms with Crippen molar-refractivity contribution in [2.24, 2.45) is 0 Å². The van der Waals surface area contributed by atoms with Gasteiger partial charge in [-0.05, 0) is 32.4 Å². The molecule has 108 valence electrons. The van der Waals surface area contributed by atoms with E-state index in [0.717, 1.165) is 22.4 Å². The zero-order chi connectivity index (χ0) is 14.7. The van der Waals surface area contributed by atoms with Crippen LogP contribution in [0.4, 0.5) is 0 Å². The van der Waals surface area contributed by atoms with Gasteiger partial charge in [-0.25, -0.2) is 9.78 Å². The average molecular weight is 295 g/mol. The van der Waals surface area contributed by atoms with Gasteiger partial charge in [-0.15, -0.1) is 11.6 Å². The lowest BCUT2D eigenvalue weighted by Crippen LogP contribution is -2.21. The molecule has 0 radical (unpaired) electrons. The molecule has 0 aliphatic carbocycles. The number of nitrogens with zero attached hydrogens (tertiary/aromatic N) is 2. The Kier molecular flexibility index (Phi) is 4.65. The van der Waals surface area contributed by atoms with Gasteiger partial charge in [0.15, 0.2) is 0 Å². The van der Waals surface area contributed by atoms with E-state index in [0.29, 0.717) is 18.9 Å². The van der Waals surface area contributed by atoms with E-state index in [2.05, 4.69) is 4.98 Å². The summed E-state index contributed by atoms with van der Waals surface area (Å²) in [5.41, 5.74) is 2.96. The van der Waals surface area contributed by atoms with Crippen LogP contribution in [0.3, 0.4) is 0 Å². The van der Waals surface area contributed by atoms with Gasteiger partial charge in [0.05, 0.1) is 17.6 Å². The Morgan fingerprint density at radius 3 is 2.90 bits per heavy atom. The normalized spacial score (nSPS) is 12.6. The molecule has 2 aromatic rings. The highest BCUT2D eigenvalue weighted by molar-refractivity contribution is 6.17. The number of rotatable bonds is 5. The van der Waals surface area contributed by atoms with E-state index in [4.69, 9.17) is 16.3 Å². The summed E-state index contributed by atoms with van der Waals surface area (Å²) < 4.78 is 7.05. The second-order valence-corrected chi connectivity index (χ2v) is 5.09. The minimum Gasteiger partial charge on any atom is -0.464 e. The molecule has 1 aromatic heterocycles. The summed E-state index contributed by atoms with van der Waals surface area (Å²) in [7, 11) is 0. The third kappa shape index (κ3) is 2.66. The van der Waals surface area contributed by atoms with E-state index >= 15 is 0 Å². The van der Waals surface area contributed by atoms with Crippen LogP contribution in [0.25, 0.3) is 11.0 Å². The van der Waals surface area contributed by atoms with Gasteiger partial charge in [-0.2, -0.15) is 0 Å². The van der Waals surface area contributed by atoms with Crippen LogP contribution in [-0.4, -0.2) is 28.0 Å². The second-order valence-electron chi connectivity index (χ2n) is 4.71. The van der Waals surface area contributed by atoms with Gasteiger partial charge in [-0.1, -0.05) is 12.1 Å². The number of aryl methyl sites for hydroxylation is 2. The third-order valence-electron chi connectivity index (χ3n) is 3.33. The van der Waals surface area contributed by atoms with E-state index in [-0.39, 0.29) is 5.97 Å². The van der Waals surface area contributed by atoms with Gasteiger partial charge in [-0.3, -0.25) is 0 Å². The SMILES string of the molecule is CCOC(=O)C(C)n1c(CCCl)nc2c(C)cccc21. The molecule has 2 rings (SSSR count). The first-order valence-electron chi connectivity index (χ1n) is 6.79. The first kappa shape index (κ1) is 14.9. The number of benzene rings is 1. The van der Waals surface area contributed by atoms with Crippen LogP contribution in [-0.2, 0) is 16.0 Å². The van der Waals surface area contributed by atoms with Crippen molar-refractivity contribution >= 4 is 28.6 Å². The molecular weight excluding hydrogens is 276 g/mol. The summed E-state index contributed by atoms with van der Waals surface area (Å²) in [6.07, 6.45) is 0.624. The van der Waals surface area contributed by atoms with Gasteiger partial charge in [0, 0.05) is 12.3 Å². The van der Waals surface area contributed by atoms with Crippen LogP contribution in [0.1, 0.15) is 31.3 Å². The first-order valence-corrected chi connectivity index (χ1v) is 7.32. The predicted octanol–water partition coefficient (Wildman–Crippen LogP) is 3.25. The molecule has 1 aromatic carbocycles. The van der Waals surface area contributed by atoms with Crippen molar-refractivity contribution in [1.29, 1.82) is 0 Å². The van der Waals surface area contributed by atoms with Crippen LogP contribution >= 0.6 is 11.6 Å². The number of halogens is 1. The molecule has 0 saturated heterocycles. The number of esters is 1. The van der Waals surface area contributed by atoms with E-state index in [9.17, 15) is 4.79 Å². The highest BCUT2D eigenvalue weighted by Gasteiger charge is 2.22. The zero-order valence-electron chi connectivity index (χ0n) is 12.0. The first-order chi connectivity index (χ1) is 9.60. The Morgan fingerprint density at radius 1 is 1.50 bits per heavy atom. The fraction of sp³-hybridized carbons (Fsp3) is 0.467. The lowest BCUT2D eigenvalue weighted by Gasteiger charge is -2.16. The largest absolute Gasteiger partial charge is 0.464 e. The molecule has 0 amide bonds. The molecule has 0 bridgehead atoms. The van der Waals surface area contributed by atoms with E-state index in [1.54, 1.807) is 6.92 Å². The molecule has 4 nitrogen and oxygen atoms in total. The van der Waals surface area contributed by atoms with Gasteiger partial charge in [0.1, 0.15) is 11.9 Å². The molecular formula is C15H19ClN2O2. The van der Waals surface area contributed by atoms with Crippen LogP contribution in [0.2, 0.25) is 0 Å². The molecule has 0 spiro atoms. The Bertz CT molecular complexity index is 622. The summed E-state index contributed by atoms with van der Waals surface area (Å²) >= 11 is 5.85. The standard InChI is InChI=1S/C15H19ClN2O2/c1-4-20-15(19)11(3)18-12-7-5-6-10(2)14(12)17-13(18)8-9-16/h5-7,11H,4,8-9H2,1-3H3. The maximum Gasteiger partial charge on any atom is 0.328 e. The Labute approximate surface area is 123 Å². The number of para-hydroxylation sites is 1. The third-order valence-corrected chi connectivity index (χ3v) is 3.52. The number of alkyl halides is 1. The fourth-order valence-electron chi connectivity index (χ4n) is 2.37. The van der Waals surface area contributed by atoms with Crippen LogP contribution in [0, 0.1) is 6.92 Å². The van der Waals surface area contributed by atoms with Gasteiger partial charge >= 0.3 is 5.97 Å². The van der Waals surface area contributed by atoms with Gasteiger partial charge < -0.3 is 9.30 Å². The van der Waals surface area contributed by atoms with Crippen molar-refractivity contribution < 1.29 is 9.53 Å². The maximum atomic E-state index is 12.0. The van der Waals surface area contributed by atoms with Crippen molar-refractivity contribution in [3.05, 3.63) is 29.6 Å². The highest BCUT2D eigenvalue weighted by Crippen LogP contribution is 2.25. The molecule has 0 saturated carbocycles. The number of imidazole rings is 1. The van der Waals surface area contributed by atoms with Crippen molar-refractivity contribution in [1.82, 2.24) is 9.55 Å². The predicted molar refractivity (Wildman–Crippen MR) is 80.2 cm³/mol. The van der Waals surface area contributed by atoms with E-state index in [1.165, 1.54) is 0 Å². The number of hydrogen-bond acceptors (Lipinski definition) is 3. The lowest BCUT2D eigenvalue weighted by molar-refractivity contribution is -0.146. The number of hydrogen-bond donors (Lipinski definition) is 0. The van der Waals surface area contributed by atoms with Crippen LogP contribution < -0.4 is 0 Å². The van der Waals surface area contributed by atoms with Gasteiger partial charge in [0.2, 0.25) is 0 Å². The number of aromatic nitrogens is 2. The Balaban J connectivity index is 2.56. The fourth-order valence-corrected chi connectivity index (χ4v) is 2.54. The topological polar surface area (TPSA) is 44.1 Å². The van der Waals surface area contributed by atoms with Crippen molar-refractivity contribution in [2.45, 2.75) is 33.2 Å². The molecule has 0 aliphatic heterocycles. The van der Waals surface area contributed by atoms with Crippen LogP contribution in [0.5, 0.6) is 0 Å². The molecule has 0 fully saturated rings. The van der Waals surface area contributed by atoms with Gasteiger partial charge in [0.25, 0.3) is 0 Å². The maximum absolute atomic E-state index is 12.0.